The smallest absolute Gasteiger partial charge is 0.132 e. The van der Waals surface area contributed by atoms with E-state index in [1.54, 1.807) is 0 Å². The molecule has 426 valence electrons. The molecule has 0 bridgehead atoms. The summed E-state index contributed by atoms with van der Waals surface area (Å²) in [5, 5.41) is 2.48. The standard InChI is InChI=1S/C84H74N2O/c1-79(2,3)51-32-38-61-62-39-33-52(80(4,5)6)45-70(62)83(69(61)44-51)67-28-17-13-24-59(67)63-40-36-57(49-71(63)83)85(55-22-21-23-56(48-55)86-75-30-19-15-26-65(75)66-27-16-20-31-76(66)86)58-37-41-64-60-25-14-18-29-68(60)84(72(64)50-58)73-46-53(81(7,8)9)34-42-77(73)87-78-43-35-54(47-74(78)84)82(10,11)12/h13-50H,1-12H3. The van der Waals surface area contributed by atoms with Gasteiger partial charge in [0.25, 0.3) is 0 Å². The lowest BCUT2D eigenvalue weighted by Gasteiger charge is -2.41. The third kappa shape index (κ3) is 7.54. The van der Waals surface area contributed by atoms with E-state index in [0.29, 0.717) is 0 Å². The Morgan fingerprint density at radius 2 is 0.632 bits per heavy atom. The maximum absolute atomic E-state index is 7.16. The zero-order valence-corrected chi connectivity index (χ0v) is 52.2. The maximum atomic E-state index is 7.16. The van der Waals surface area contributed by atoms with E-state index in [-0.39, 0.29) is 21.7 Å². The van der Waals surface area contributed by atoms with Crippen molar-refractivity contribution in [1.82, 2.24) is 4.57 Å². The van der Waals surface area contributed by atoms with Crippen LogP contribution in [-0.2, 0) is 32.5 Å². The summed E-state index contributed by atoms with van der Waals surface area (Å²) < 4.78 is 9.61. The van der Waals surface area contributed by atoms with Gasteiger partial charge in [0, 0.05) is 44.6 Å². The van der Waals surface area contributed by atoms with Gasteiger partial charge in [-0.05, 0) is 190 Å². The van der Waals surface area contributed by atoms with Crippen molar-refractivity contribution in [3.63, 3.8) is 0 Å². The fourth-order valence-electron chi connectivity index (χ4n) is 15.7. The number of nitrogens with zero attached hydrogens (tertiary/aromatic N) is 2. The first-order valence-electron chi connectivity index (χ1n) is 31.3. The molecule has 1 aromatic heterocycles. The summed E-state index contributed by atoms with van der Waals surface area (Å²) in [5.41, 5.74) is 28.2. The van der Waals surface area contributed by atoms with Gasteiger partial charge in [0.15, 0.2) is 0 Å². The minimum Gasteiger partial charge on any atom is -0.457 e. The molecule has 4 aliphatic rings. The van der Waals surface area contributed by atoms with Crippen molar-refractivity contribution >= 4 is 38.9 Å². The van der Waals surface area contributed by atoms with Crippen LogP contribution in [0.25, 0.3) is 60.9 Å². The minimum absolute atomic E-state index is 0.0682. The number of aromatic nitrogens is 1. The van der Waals surface area contributed by atoms with Crippen LogP contribution in [0.1, 0.15) is 150 Å². The molecule has 0 radical (unpaired) electrons. The van der Waals surface area contributed by atoms with Crippen LogP contribution in [0, 0.1) is 0 Å². The van der Waals surface area contributed by atoms with Crippen molar-refractivity contribution in [1.29, 1.82) is 0 Å². The van der Waals surface area contributed by atoms with Gasteiger partial charge in [0.05, 0.1) is 21.9 Å². The van der Waals surface area contributed by atoms with Crippen molar-refractivity contribution < 1.29 is 4.74 Å². The van der Waals surface area contributed by atoms with E-state index < -0.39 is 10.8 Å². The highest BCUT2D eigenvalue weighted by Gasteiger charge is 2.54. The summed E-state index contributed by atoms with van der Waals surface area (Å²) in [6, 6.07) is 89.0. The third-order valence-electron chi connectivity index (χ3n) is 20.1. The molecule has 16 rings (SSSR count). The van der Waals surface area contributed by atoms with Gasteiger partial charge in [-0.1, -0.05) is 235 Å². The van der Waals surface area contributed by atoms with Gasteiger partial charge in [-0.15, -0.1) is 0 Å². The van der Waals surface area contributed by atoms with Crippen molar-refractivity contribution in [3.05, 3.63) is 297 Å². The first-order chi connectivity index (χ1) is 41.6. The molecular weight excluding hydrogens is 1050 g/mol. The summed E-state index contributed by atoms with van der Waals surface area (Å²) in [4.78, 5) is 2.57. The second-order valence-corrected chi connectivity index (χ2v) is 29.3. The predicted octanol–water partition coefficient (Wildman–Crippen LogP) is 22.3. The van der Waals surface area contributed by atoms with E-state index in [1.807, 2.05) is 0 Å². The topological polar surface area (TPSA) is 17.4 Å². The number of fused-ring (bicyclic) bond motifs is 22. The molecule has 11 aromatic carbocycles. The fraction of sp³-hybridized carbons (Fsp3) is 0.214. The van der Waals surface area contributed by atoms with Gasteiger partial charge < -0.3 is 14.2 Å². The van der Waals surface area contributed by atoms with E-state index >= 15 is 0 Å². The van der Waals surface area contributed by atoms with Gasteiger partial charge in [-0.2, -0.15) is 0 Å². The molecule has 0 saturated carbocycles. The van der Waals surface area contributed by atoms with Gasteiger partial charge in [0.1, 0.15) is 11.5 Å². The van der Waals surface area contributed by atoms with Gasteiger partial charge in [-0.3, -0.25) is 0 Å². The molecule has 12 aromatic rings. The molecule has 0 unspecified atom stereocenters. The Kier molecular flexibility index (Phi) is 11.1. The molecule has 2 spiro atoms. The molecule has 0 fully saturated rings. The lowest BCUT2D eigenvalue weighted by molar-refractivity contribution is 0.433. The lowest BCUT2D eigenvalue weighted by Crippen LogP contribution is -2.33. The second-order valence-electron chi connectivity index (χ2n) is 29.3. The average molecular weight is 1130 g/mol. The van der Waals surface area contributed by atoms with Crippen LogP contribution >= 0.6 is 0 Å². The summed E-state index contributed by atoms with van der Waals surface area (Å²) in [7, 11) is 0. The Bertz CT molecular complexity index is 4720. The summed E-state index contributed by atoms with van der Waals surface area (Å²) >= 11 is 0. The average Bonchev–Trinajstić information content (AvgIpc) is 1.56. The summed E-state index contributed by atoms with van der Waals surface area (Å²) in [6.45, 7) is 28.1. The molecule has 2 heterocycles. The van der Waals surface area contributed by atoms with Crippen LogP contribution in [0.3, 0.4) is 0 Å². The van der Waals surface area contributed by atoms with E-state index in [0.717, 1.165) is 34.2 Å². The number of ether oxygens (including phenoxy) is 1. The Balaban J connectivity index is 1.01. The van der Waals surface area contributed by atoms with Crippen molar-refractivity contribution in [2.24, 2.45) is 0 Å². The van der Waals surface area contributed by atoms with Crippen LogP contribution in [0.2, 0.25) is 0 Å². The van der Waals surface area contributed by atoms with Gasteiger partial charge >= 0.3 is 0 Å². The Hall–Kier alpha value is -9.18. The molecule has 0 N–H and O–H groups in total. The van der Waals surface area contributed by atoms with Crippen molar-refractivity contribution in [2.45, 2.75) is 116 Å². The largest absolute Gasteiger partial charge is 0.457 e. The number of benzene rings is 11. The van der Waals surface area contributed by atoms with Crippen molar-refractivity contribution in [3.8, 4) is 50.6 Å². The molecule has 0 saturated heterocycles. The van der Waals surface area contributed by atoms with Crippen LogP contribution < -0.4 is 9.64 Å². The fourth-order valence-corrected chi connectivity index (χ4v) is 15.7. The third-order valence-corrected chi connectivity index (χ3v) is 20.1. The van der Waals surface area contributed by atoms with Crippen molar-refractivity contribution in [2.75, 3.05) is 4.90 Å². The van der Waals surface area contributed by atoms with E-state index in [9.17, 15) is 0 Å². The van der Waals surface area contributed by atoms with E-state index in [1.165, 1.54) is 122 Å². The monoisotopic (exact) mass is 1130 g/mol. The maximum Gasteiger partial charge on any atom is 0.132 e. The number of rotatable bonds is 4. The van der Waals surface area contributed by atoms with Crippen LogP contribution in [0.15, 0.2) is 231 Å². The quantitative estimate of drug-likeness (QED) is 0.175. The van der Waals surface area contributed by atoms with E-state index in [2.05, 4.69) is 323 Å². The molecule has 0 atom stereocenters. The lowest BCUT2D eigenvalue weighted by atomic mass is 9.64. The van der Waals surface area contributed by atoms with Crippen LogP contribution in [-0.4, -0.2) is 4.57 Å². The van der Waals surface area contributed by atoms with E-state index in [4.69, 9.17) is 4.74 Å². The number of hydrogen-bond acceptors (Lipinski definition) is 2. The van der Waals surface area contributed by atoms with Gasteiger partial charge in [-0.25, -0.2) is 0 Å². The molecule has 3 aliphatic carbocycles. The molecule has 3 nitrogen and oxygen atoms in total. The molecular formula is C84H74N2O. The normalized spacial score (nSPS) is 14.7. The summed E-state index contributed by atoms with van der Waals surface area (Å²) in [6.07, 6.45) is 0. The molecule has 0 amide bonds. The Morgan fingerprint density at radius 1 is 0.287 bits per heavy atom. The predicted molar refractivity (Wildman–Crippen MR) is 364 cm³/mol. The number of hydrogen-bond donors (Lipinski definition) is 0. The van der Waals surface area contributed by atoms with Crippen LogP contribution in [0.5, 0.6) is 11.5 Å². The SMILES string of the molecule is CC(C)(C)c1ccc2c(c1)C1(c3cc(C(C)(C)C)ccc3O2)c2ccccc2-c2ccc(N(c3cccc(-n4c5ccccc5c5ccccc54)c3)c3ccc4c(c3)C3(c5ccccc5-4)c4cc(C(C)(C)C)ccc4-c4ccc(C(C)(C)C)cc43)cc21. The molecule has 1 aliphatic heterocycles. The first kappa shape index (κ1) is 53.3. The number of anilines is 3. The second kappa shape index (κ2) is 18.2. The zero-order chi connectivity index (χ0) is 59.9. The highest BCUT2D eigenvalue weighted by Crippen LogP contribution is 2.66. The molecule has 3 heteroatoms. The summed E-state index contributed by atoms with van der Waals surface area (Å²) in [5.74, 6) is 1.79. The molecule has 87 heavy (non-hydrogen) atoms. The Morgan fingerprint density at radius 3 is 1.08 bits per heavy atom. The van der Waals surface area contributed by atoms with Crippen LogP contribution in [0.4, 0.5) is 17.1 Å². The first-order valence-corrected chi connectivity index (χ1v) is 31.3. The minimum atomic E-state index is -0.722. The Labute approximate surface area is 513 Å². The zero-order valence-electron chi connectivity index (χ0n) is 52.2. The number of para-hydroxylation sites is 2. The highest BCUT2D eigenvalue weighted by molar-refractivity contribution is 6.09. The van der Waals surface area contributed by atoms with Gasteiger partial charge in [0.2, 0.25) is 0 Å². The highest BCUT2D eigenvalue weighted by atomic mass is 16.5.